The third-order valence-corrected chi connectivity index (χ3v) is 4.10. The van der Waals surface area contributed by atoms with Gasteiger partial charge in [0.2, 0.25) is 0 Å². The predicted molar refractivity (Wildman–Crippen MR) is 67.6 cm³/mol. The molecular formula is C11H15N3O2S. The molecule has 0 bridgehead atoms. The highest BCUT2D eigenvalue weighted by molar-refractivity contribution is 7.99. The van der Waals surface area contributed by atoms with Crippen LogP contribution in [0.1, 0.15) is 29.6 Å². The number of carbonyl (C=O) groups is 1. The second kappa shape index (κ2) is 5.35. The molecule has 2 N–H and O–H groups in total. The van der Waals surface area contributed by atoms with Crippen molar-refractivity contribution in [2.24, 2.45) is 0 Å². The minimum absolute atomic E-state index is 0.188. The number of anilines is 1. The number of carboxylic acids is 1. The Morgan fingerprint density at radius 2 is 2.41 bits per heavy atom. The van der Waals surface area contributed by atoms with Gasteiger partial charge in [-0.3, -0.25) is 0 Å². The molecule has 0 radical (unpaired) electrons. The normalized spacial score (nSPS) is 23.6. The van der Waals surface area contributed by atoms with E-state index in [0.717, 1.165) is 12.8 Å². The molecule has 0 saturated heterocycles. The van der Waals surface area contributed by atoms with Crippen LogP contribution in [0.25, 0.3) is 0 Å². The molecule has 1 aliphatic carbocycles. The van der Waals surface area contributed by atoms with Crippen molar-refractivity contribution in [1.29, 1.82) is 0 Å². The van der Waals surface area contributed by atoms with Gasteiger partial charge in [-0.25, -0.2) is 4.79 Å². The van der Waals surface area contributed by atoms with Crippen molar-refractivity contribution in [3.8, 4) is 0 Å². The molecule has 17 heavy (non-hydrogen) atoms. The van der Waals surface area contributed by atoms with Gasteiger partial charge in [0.25, 0.3) is 0 Å². The van der Waals surface area contributed by atoms with Gasteiger partial charge in [-0.1, -0.05) is 0 Å². The molecule has 6 heteroatoms. The standard InChI is InChI=1S/C11H15N3O2S/c1-17-8-3-2-7(6-8)13-10-9(11(15)16)4-5-12-14-10/h4-5,7-8H,2-3,6H2,1H3,(H,13,14)(H,15,16). The van der Waals surface area contributed by atoms with Crippen molar-refractivity contribution in [2.45, 2.75) is 30.6 Å². The summed E-state index contributed by atoms with van der Waals surface area (Å²) in [7, 11) is 0. The van der Waals surface area contributed by atoms with Gasteiger partial charge in [-0.15, -0.1) is 5.10 Å². The van der Waals surface area contributed by atoms with E-state index in [9.17, 15) is 4.79 Å². The summed E-state index contributed by atoms with van der Waals surface area (Å²) in [5.41, 5.74) is 0.188. The van der Waals surface area contributed by atoms with Gasteiger partial charge < -0.3 is 10.4 Å². The van der Waals surface area contributed by atoms with Gasteiger partial charge in [0, 0.05) is 11.3 Å². The van der Waals surface area contributed by atoms with E-state index >= 15 is 0 Å². The van der Waals surface area contributed by atoms with Crippen molar-refractivity contribution < 1.29 is 9.90 Å². The van der Waals surface area contributed by atoms with E-state index in [1.54, 1.807) is 0 Å². The number of carboxylic acid groups (broad SMARTS) is 1. The van der Waals surface area contributed by atoms with Crippen LogP contribution in [-0.2, 0) is 0 Å². The number of rotatable bonds is 4. The molecule has 0 aliphatic heterocycles. The lowest BCUT2D eigenvalue weighted by atomic mass is 10.2. The molecule has 0 amide bonds. The van der Waals surface area contributed by atoms with E-state index < -0.39 is 5.97 Å². The molecule has 5 nitrogen and oxygen atoms in total. The summed E-state index contributed by atoms with van der Waals surface area (Å²) in [5, 5.41) is 20.5. The first-order chi connectivity index (χ1) is 8.20. The molecule has 2 atom stereocenters. The van der Waals surface area contributed by atoms with Crippen molar-refractivity contribution in [1.82, 2.24) is 10.2 Å². The Labute approximate surface area is 104 Å². The number of thioether (sulfide) groups is 1. The number of nitrogens with zero attached hydrogens (tertiary/aromatic N) is 2. The van der Waals surface area contributed by atoms with Crippen LogP contribution in [0.2, 0.25) is 0 Å². The van der Waals surface area contributed by atoms with Crippen LogP contribution in [0.15, 0.2) is 12.3 Å². The molecular weight excluding hydrogens is 238 g/mol. The Hall–Kier alpha value is -1.30. The first-order valence-electron chi connectivity index (χ1n) is 5.55. The number of aromatic nitrogens is 2. The Morgan fingerprint density at radius 1 is 1.59 bits per heavy atom. The molecule has 1 aliphatic rings. The smallest absolute Gasteiger partial charge is 0.339 e. The van der Waals surface area contributed by atoms with Crippen LogP contribution in [0.3, 0.4) is 0 Å². The Morgan fingerprint density at radius 3 is 3.06 bits per heavy atom. The lowest BCUT2D eigenvalue weighted by Gasteiger charge is -2.14. The van der Waals surface area contributed by atoms with E-state index in [1.165, 1.54) is 18.7 Å². The fraction of sp³-hybridized carbons (Fsp3) is 0.545. The van der Waals surface area contributed by atoms with Crippen LogP contribution >= 0.6 is 11.8 Å². The van der Waals surface area contributed by atoms with E-state index in [1.807, 2.05) is 11.8 Å². The molecule has 92 valence electrons. The molecule has 0 spiro atoms. The van der Waals surface area contributed by atoms with Crippen molar-refractivity contribution in [2.75, 3.05) is 11.6 Å². The number of aromatic carboxylic acids is 1. The first-order valence-corrected chi connectivity index (χ1v) is 6.84. The summed E-state index contributed by atoms with van der Waals surface area (Å²) in [5.74, 6) is -0.589. The summed E-state index contributed by atoms with van der Waals surface area (Å²) in [6.07, 6.45) is 6.78. The SMILES string of the molecule is CSC1CCC(Nc2nnccc2C(=O)O)C1. The molecule has 1 aromatic rings. The quantitative estimate of drug-likeness (QED) is 0.853. The minimum atomic E-state index is -0.971. The van der Waals surface area contributed by atoms with Crippen LogP contribution in [0, 0.1) is 0 Å². The summed E-state index contributed by atoms with van der Waals surface area (Å²) in [6, 6.07) is 1.78. The maximum Gasteiger partial charge on any atom is 0.339 e. The zero-order valence-electron chi connectivity index (χ0n) is 9.59. The van der Waals surface area contributed by atoms with Gasteiger partial charge in [0.05, 0.1) is 6.20 Å². The average molecular weight is 253 g/mol. The monoisotopic (exact) mass is 253 g/mol. The minimum Gasteiger partial charge on any atom is -0.478 e. The largest absolute Gasteiger partial charge is 0.478 e. The van der Waals surface area contributed by atoms with Crippen LogP contribution in [-0.4, -0.2) is 38.8 Å². The molecule has 1 fully saturated rings. The zero-order valence-corrected chi connectivity index (χ0v) is 10.4. The third kappa shape index (κ3) is 2.88. The maximum absolute atomic E-state index is 11.0. The topological polar surface area (TPSA) is 75.1 Å². The zero-order chi connectivity index (χ0) is 12.3. The Kier molecular flexibility index (Phi) is 3.83. The lowest BCUT2D eigenvalue weighted by molar-refractivity contribution is 0.0697. The summed E-state index contributed by atoms with van der Waals surface area (Å²) >= 11 is 1.86. The highest BCUT2D eigenvalue weighted by atomic mass is 32.2. The highest BCUT2D eigenvalue weighted by Crippen LogP contribution is 2.30. The number of hydrogen-bond acceptors (Lipinski definition) is 5. The second-order valence-corrected chi connectivity index (χ2v) is 5.25. The van der Waals surface area contributed by atoms with E-state index in [-0.39, 0.29) is 5.56 Å². The maximum atomic E-state index is 11.0. The molecule has 0 aromatic carbocycles. The number of hydrogen-bond donors (Lipinski definition) is 2. The molecule has 1 saturated carbocycles. The summed E-state index contributed by atoms with van der Waals surface area (Å²) < 4.78 is 0. The van der Waals surface area contributed by atoms with Crippen LogP contribution < -0.4 is 5.32 Å². The highest BCUT2D eigenvalue weighted by Gasteiger charge is 2.25. The van der Waals surface area contributed by atoms with E-state index in [4.69, 9.17) is 5.11 Å². The Balaban J connectivity index is 2.06. The van der Waals surface area contributed by atoms with Gasteiger partial charge in [0.1, 0.15) is 5.56 Å². The van der Waals surface area contributed by atoms with Gasteiger partial charge >= 0.3 is 5.97 Å². The van der Waals surface area contributed by atoms with Crippen molar-refractivity contribution in [3.63, 3.8) is 0 Å². The lowest BCUT2D eigenvalue weighted by Crippen LogP contribution is -2.19. The van der Waals surface area contributed by atoms with Gasteiger partial charge in [-0.05, 0) is 31.6 Å². The fourth-order valence-corrected chi connectivity index (χ4v) is 2.89. The van der Waals surface area contributed by atoms with Gasteiger partial charge in [-0.2, -0.15) is 16.9 Å². The van der Waals surface area contributed by atoms with Crippen molar-refractivity contribution >= 4 is 23.5 Å². The second-order valence-electron chi connectivity index (χ2n) is 4.11. The molecule has 2 unspecified atom stereocenters. The van der Waals surface area contributed by atoms with Gasteiger partial charge in [0.15, 0.2) is 5.82 Å². The summed E-state index contributed by atoms with van der Waals surface area (Å²) in [6.45, 7) is 0. The van der Waals surface area contributed by atoms with Crippen LogP contribution in [0.4, 0.5) is 5.82 Å². The molecule has 2 rings (SSSR count). The molecule has 1 aromatic heterocycles. The average Bonchev–Trinajstić information content (AvgIpc) is 2.77. The van der Waals surface area contributed by atoms with Crippen LogP contribution in [0.5, 0.6) is 0 Å². The van der Waals surface area contributed by atoms with E-state index in [0.29, 0.717) is 17.1 Å². The summed E-state index contributed by atoms with van der Waals surface area (Å²) in [4.78, 5) is 11.0. The fourth-order valence-electron chi connectivity index (χ4n) is 2.09. The third-order valence-electron chi connectivity index (χ3n) is 3.01. The number of nitrogens with one attached hydrogen (secondary N) is 1. The predicted octanol–water partition coefficient (Wildman–Crippen LogP) is 1.87. The molecule has 1 heterocycles. The first kappa shape index (κ1) is 12.2. The van der Waals surface area contributed by atoms with E-state index in [2.05, 4.69) is 21.8 Å². The Bertz CT molecular complexity index is 413. The van der Waals surface area contributed by atoms with Crippen molar-refractivity contribution in [3.05, 3.63) is 17.8 Å².